The largest absolute Gasteiger partial charge is 0.459 e. The summed E-state index contributed by atoms with van der Waals surface area (Å²) < 4.78 is 10.6. The van der Waals surface area contributed by atoms with E-state index in [9.17, 15) is 9.59 Å². The van der Waals surface area contributed by atoms with Gasteiger partial charge in [0.25, 0.3) is 11.8 Å². The number of nitrogens with zero attached hydrogens (tertiary/aromatic N) is 2. The molecule has 0 saturated carbocycles. The molecule has 188 valence electrons. The van der Waals surface area contributed by atoms with Crippen LogP contribution in [0.4, 0.5) is 11.4 Å². The first kappa shape index (κ1) is 24.1. The van der Waals surface area contributed by atoms with E-state index in [0.29, 0.717) is 17.8 Å². The van der Waals surface area contributed by atoms with Gasteiger partial charge in [-0.2, -0.15) is 0 Å². The molecule has 0 atom stereocenters. The molecule has 3 heterocycles. The molecule has 0 unspecified atom stereocenters. The predicted octanol–water partition coefficient (Wildman–Crippen LogP) is 3.55. The second-order valence-electron chi connectivity index (χ2n) is 9.17. The number of ether oxygens (including phenoxy) is 1. The Hall–Kier alpha value is -3.62. The number of benzene rings is 2. The Morgan fingerprint density at radius 1 is 0.917 bits per heavy atom. The fraction of sp³-hybridized carbons (Fsp3) is 0.357. The number of hydrogen-bond acceptors (Lipinski definition) is 6. The SMILES string of the molecule is O=C(Nc1ccc(N2CCc3ccccc3C2)c(C(=O)NCCCN2CCOCC2)c1)c1ccco1. The van der Waals surface area contributed by atoms with Crippen LogP contribution in [-0.4, -0.2) is 62.7 Å². The minimum Gasteiger partial charge on any atom is -0.459 e. The second kappa shape index (κ2) is 11.4. The number of carbonyl (C=O) groups is 2. The van der Waals surface area contributed by atoms with E-state index in [-0.39, 0.29) is 17.6 Å². The molecule has 2 aromatic carbocycles. The zero-order valence-electron chi connectivity index (χ0n) is 20.4. The summed E-state index contributed by atoms with van der Waals surface area (Å²) in [5, 5.41) is 5.94. The normalized spacial score (nSPS) is 15.8. The van der Waals surface area contributed by atoms with Gasteiger partial charge >= 0.3 is 0 Å². The molecule has 1 aromatic heterocycles. The molecule has 0 bridgehead atoms. The minimum atomic E-state index is -0.350. The third-order valence-electron chi connectivity index (χ3n) is 6.76. The third kappa shape index (κ3) is 5.78. The lowest BCUT2D eigenvalue weighted by Gasteiger charge is -2.32. The number of amides is 2. The number of carbonyl (C=O) groups excluding carboxylic acids is 2. The summed E-state index contributed by atoms with van der Waals surface area (Å²) in [6, 6.07) is 17.2. The topological polar surface area (TPSA) is 87.1 Å². The molecule has 1 fully saturated rings. The zero-order chi connectivity index (χ0) is 24.7. The van der Waals surface area contributed by atoms with Gasteiger partial charge in [0.05, 0.1) is 25.0 Å². The second-order valence-corrected chi connectivity index (χ2v) is 9.17. The summed E-state index contributed by atoms with van der Waals surface area (Å²) in [7, 11) is 0. The lowest BCUT2D eigenvalue weighted by Crippen LogP contribution is -2.38. The molecule has 0 radical (unpaired) electrons. The molecule has 2 N–H and O–H groups in total. The number of furan rings is 1. The predicted molar refractivity (Wildman–Crippen MR) is 139 cm³/mol. The van der Waals surface area contributed by atoms with Crippen LogP contribution in [0.3, 0.4) is 0 Å². The number of fused-ring (bicyclic) bond motifs is 1. The van der Waals surface area contributed by atoms with Gasteiger partial charge < -0.3 is 24.7 Å². The van der Waals surface area contributed by atoms with Crippen molar-refractivity contribution in [1.82, 2.24) is 10.2 Å². The Morgan fingerprint density at radius 2 is 1.75 bits per heavy atom. The minimum absolute atomic E-state index is 0.139. The molecular formula is C28H32N4O4. The maximum atomic E-state index is 13.4. The van der Waals surface area contributed by atoms with Gasteiger partial charge in [-0.15, -0.1) is 0 Å². The summed E-state index contributed by atoms with van der Waals surface area (Å²) in [5.74, 6) is -0.266. The lowest BCUT2D eigenvalue weighted by molar-refractivity contribution is 0.0374. The summed E-state index contributed by atoms with van der Waals surface area (Å²) >= 11 is 0. The van der Waals surface area contributed by atoms with Gasteiger partial charge in [-0.25, -0.2) is 0 Å². The van der Waals surface area contributed by atoms with Crippen LogP contribution < -0.4 is 15.5 Å². The molecular weight excluding hydrogens is 456 g/mol. The van der Waals surface area contributed by atoms with Crippen LogP contribution in [0.15, 0.2) is 65.3 Å². The monoisotopic (exact) mass is 488 g/mol. The van der Waals surface area contributed by atoms with Gasteiger partial charge in [-0.1, -0.05) is 24.3 Å². The van der Waals surface area contributed by atoms with Crippen LogP contribution in [-0.2, 0) is 17.7 Å². The van der Waals surface area contributed by atoms with E-state index < -0.39 is 0 Å². The average Bonchev–Trinajstić information content (AvgIpc) is 3.47. The lowest BCUT2D eigenvalue weighted by atomic mass is 9.98. The van der Waals surface area contributed by atoms with E-state index in [1.807, 2.05) is 12.1 Å². The Bertz CT molecular complexity index is 1190. The van der Waals surface area contributed by atoms with E-state index in [2.05, 4.69) is 44.7 Å². The standard InChI is InChI=1S/C28H32N4O4/c33-27(29-11-4-12-31-14-17-35-18-15-31)24-19-23(30-28(34)26-7-3-16-36-26)8-9-25(24)32-13-10-21-5-1-2-6-22(21)20-32/h1-3,5-9,16,19H,4,10-15,17-18,20H2,(H,29,33)(H,30,34). The number of hydrogen-bond donors (Lipinski definition) is 2. The average molecular weight is 489 g/mol. The van der Waals surface area contributed by atoms with Crippen molar-refractivity contribution in [3.05, 3.63) is 83.3 Å². The van der Waals surface area contributed by atoms with Gasteiger partial charge in [0, 0.05) is 44.1 Å². The molecule has 8 nitrogen and oxygen atoms in total. The molecule has 5 rings (SSSR count). The zero-order valence-corrected chi connectivity index (χ0v) is 20.4. The van der Waals surface area contributed by atoms with Crippen molar-refractivity contribution in [2.45, 2.75) is 19.4 Å². The van der Waals surface area contributed by atoms with E-state index in [1.165, 1.54) is 17.4 Å². The van der Waals surface area contributed by atoms with E-state index in [0.717, 1.165) is 64.5 Å². The van der Waals surface area contributed by atoms with Crippen molar-refractivity contribution in [2.75, 3.05) is 56.2 Å². The van der Waals surface area contributed by atoms with Crippen molar-refractivity contribution in [2.24, 2.45) is 0 Å². The first-order valence-corrected chi connectivity index (χ1v) is 12.6. The fourth-order valence-corrected chi connectivity index (χ4v) is 4.80. The molecule has 2 amide bonds. The van der Waals surface area contributed by atoms with E-state index >= 15 is 0 Å². The van der Waals surface area contributed by atoms with Crippen LogP contribution in [0, 0.1) is 0 Å². The molecule has 0 spiro atoms. The smallest absolute Gasteiger partial charge is 0.291 e. The quantitative estimate of drug-likeness (QED) is 0.472. The maximum Gasteiger partial charge on any atom is 0.291 e. The first-order valence-electron chi connectivity index (χ1n) is 12.6. The highest BCUT2D eigenvalue weighted by Gasteiger charge is 2.22. The number of nitrogens with one attached hydrogen (secondary N) is 2. The fourth-order valence-electron chi connectivity index (χ4n) is 4.80. The molecule has 0 aliphatic carbocycles. The molecule has 8 heteroatoms. The summed E-state index contributed by atoms with van der Waals surface area (Å²) in [6.07, 6.45) is 3.25. The number of rotatable bonds is 8. The highest BCUT2D eigenvalue weighted by Crippen LogP contribution is 2.30. The van der Waals surface area contributed by atoms with Crippen molar-refractivity contribution in [3.8, 4) is 0 Å². The Labute approximate surface area is 211 Å². The Morgan fingerprint density at radius 3 is 2.56 bits per heavy atom. The molecule has 36 heavy (non-hydrogen) atoms. The summed E-state index contributed by atoms with van der Waals surface area (Å²) in [6.45, 7) is 6.49. The van der Waals surface area contributed by atoms with E-state index in [4.69, 9.17) is 9.15 Å². The third-order valence-corrected chi connectivity index (χ3v) is 6.76. The van der Waals surface area contributed by atoms with Crippen LogP contribution in [0.1, 0.15) is 38.5 Å². The summed E-state index contributed by atoms with van der Waals surface area (Å²) in [5.41, 5.74) is 4.60. The Balaban J connectivity index is 1.31. The van der Waals surface area contributed by atoms with Crippen molar-refractivity contribution in [3.63, 3.8) is 0 Å². The maximum absolute atomic E-state index is 13.4. The Kier molecular flexibility index (Phi) is 7.64. The van der Waals surface area contributed by atoms with Gasteiger partial charge in [0.2, 0.25) is 0 Å². The van der Waals surface area contributed by atoms with Crippen LogP contribution >= 0.6 is 0 Å². The highest BCUT2D eigenvalue weighted by molar-refractivity contribution is 6.05. The summed E-state index contributed by atoms with van der Waals surface area (Å²) in [4.78, 5) is 30.5. The molecule has 1 saturated heterocycles. The van der Waals surface area contributed by atoms with Gasteiger partial charge in [0.1, 0.15) is 0 Å². The van der Waals surface area contributed by atoms with E-state index in [1.54, 1.807) is 18.2 Å². The molecule has 2 aliphatic heterocycles. The molecule has 2 aliphatic rings. The van der Waals surface area contributed by atoms with Crippen molar-refractivity contribution in [1.29, 1.82) is 0 Å². The highest BCUT2D eigenvalue weighted by atomic mass is 16.5. The van der Waals surface area contributed by atoms with Crippen molar-refractivity contribution >= 4 is 23.2 Å². The van der Waals surface area contributed by atoms with Gasteiger partial charge in [-0.3, -0.25) is 14.5 Å². The molecule has 3 aromatic rings. The van der Waals surface area contributed by atoms with Crippen LogP contribution in [0.5, 0.6) is 0 Å². The van der Waals surface area contributed by atoms with Crippen LogP contribution in [0.2, 0.25) is 0 Å². The number of anilines is 2. The van der Waals surface area contributed by atoms with Gasteiger partial charge in [0.15, 0.2) is 5.76 Å². The van der Waals surface area contributed by atoms with Crippen LogP contribution in [0.25, 0.3) is 0 Å². The number of morpholine rings is 1. The van der Waals surface area contributed by atoms with Crippen molar-refractivity contribution < 1.29 is 18.7 Å². The van der Waals surface area contributed by atoms with Gasteiger partial charge in [-0.05, 0) is 60.8 Å². The first-order chi connectivity index (χ1) is 17.7.